The normalized spacial score (nSPS) is 20.4. The quantitative estimate of drug-likeness (QED) is 0.228. The number of carbonyl (C=O) groups is 2. The van der Waals surface area contributed by atoms with Gasteiger partial charge in [-0.2, -0.15) is 0 Å². The van der Waals surface area contributed by atoms with Gasteiger partial charge < -0.3 is 10.0 Å². The summed E-state index contributed by atoms with van der Waals surface area (Å²) in [5.41, 5.74) is 0. The number of carboxylic acid groups (broad SMARTS) is 1. The fraction of sp³-hybridized carbons (Fsp3) is 0.913. The Morgan fingerprint density at radius 2 is 1.32 bits per heavy atom. The van der Waals surface area contributed by atoms with Crippen molar-refractivity contribution in [3.63, 3.8) is 0 Å². The van der Waals surface area contributed by atoms with E-state index in [1.807, 2.05) is 13.8 Å². The Morgan fingerprint density at radius 1 is 0.893 bits per heavy atom. The highest BCUT2D eigenvalue weighted by Gasteiger charge is 2.58. The zero-order chi connectivity index (χ0) is 21.0. The van der Waals surface area contributed by atoms with Crippen LogP contribution in [0.1, 0.15) is 118 Å². The third-order valence-electron chi connectivity index (χ3n) is 6.05. The first-order chi connectivity index (χ1) is 13.3. The molecule has 5 heteroatoms. The third kappa shape index (κ3) is 7.27. The van der Waals surface area contributed by atoms with Crippen LogP contribution in [0.2, 0.25) is 0 Å². The minimum absolute atomic E-state index is 0.357. The van der Waals surface area contributed by atoms with Gasteiger partial charge in [0.15, 0.2) is 0 Å². The molecule has 0 saturated carbocycles. The van der Waals surface area contributed by atoms with Crippen molar-refractivity contribution < 1.29 is 14.7 Å². The topological polar surface area (TPSA) is 57.6 Å². The van der Waals surface area contributed by atoms with Gasteiger partial charge in [-0.1, -0.05) is 90.9 Å². The van der Waals surface area contributed by atoms with Crippen LogP contribution in [-0.4, -0.2) is 38.0 Å². The van der Waals surface area contributed by atoms with Crippen molar-refractivity contribution in [3.8, 4) is 0 Å². The summed E-state index contributed by atoms with van der Waals surface area (Å²) in [6.45, 7) is 8.41. The summed E-state index contributed by atoms with van der Waals surface area (Å²) in [5, 5.41) is 9.81. The standard InChI is InChI=1S/C23H43NO3S/c1-5-7-9-11-13-15-17-23(18-16-14-12-10-8-6-2)24(19-25)20(21(26)27)22(3,4)28-23/h19-20H,5-18H2,1-4H3,(H,26,27). The fourth-order valence-electron chi connectivity index (χ4n) is 4.59. The molecular weight excluding hydrogens is 370 g/mol. The molecule has 1 heterocycles. The first kappa shape index (κ1) is 25.3. The number of amides is 1. The lowest BCUT2D eigenvalue weighted by Crippen LogP contribution is -2.51. The van der Waals surface area contributed by atoms with Crippen LogP contribution in [0, 0.1) is 0 Å². The first-order valence-electron chi connectivity index (χ1n) is 11.5. The van der Waals surface area contributed by atoms with Gasteiger partial charge in [0.05, 0.1) is 4.87 Å². The van der Waals surface area contributed by atoms with Crippen molar-refractivity contribution in [1.82, 2.24) is 4.90 Å². The van der Waals surface area contributed by atoms with E-state index in [1.54, 1.807) is 16.7 Å². The van der Waals surface area contributed by atoms with Crippen LogP contribution >= 0.6 is 11.8 Å². The van der Waals surface area contributed by atoms with Crippen LogP contribution in [0.5, 0.6) is 0 Å². The fourth-order valence-corrected chi connectivity index (χ4v) is 6.64. The van der Waals surface area contributed by atoms with Gasteiger partial charge in [-0.25, -0.2) is 4.79 Å². The predicted octanol–water partition coefficient (Wildman–Crippen LogP) is 6.62. The van der Waals surface area contributed by atoms with Gasteiger partial charge in [-0.05, 0) is 26.7 Å². The molecule has 4 nitrogen and oxygen atoms in total. The van der Waals surface area contributed by atoms with Crippen molar-refractivity contribution in [2.75, 3.05) is 0 Å². The minimum atomic E-state index is -0.877. The lowest BCUT2D eigenvalue weighted by atomic mass is 9.95. The summed E-state index contributed by atoms with van der Waals surface area (Å²) in [4.78, 5) is 25.3. The van der Waals surface area contributed by atoms with Crippen molar-refractivity contribution in [3.05, 3.63) is 0 Å². The molecule has 1 amide bonds. The molecule has 1 rings (SSSR count). The Morgan fingerprint density at radius 3 is 1.71 bits per heavy atom. The van der Waals surface area contributed by atoms with Gasteiger partial charge in [0.2, 0.25) is 6.41 Å². The molecule has 0 aromatic heterocycles. The molecule has 0 bridgehead atoms. The van der Waals surface area contributed by atoms with Gasteiger partial charge in [0.25, 0.3) is 0 Å². The number of hydrogen-bond acceptors (Lipinski definition) is 3. The zero-order valence-corrected chi connectivity index (χ0v) is 19.5. The minimum Gasteiger partial charge on any atom is -0.480 e. The van der Waals surface area contributed by atoms with Gasteiger partial charge in [0, 0.05) is 4.75 Å². The molecule has 1 aliphatic rings. The maximum absolute atomic E-state index is 12.0. The lowest BCUT2D eigenvalue weighted by Gasteiger charge is -2.37. The summed E-state index contributed by atoms with van der Waals surface area (Å²) >= 11 is 1.73. The number of aliphatic carboxylic acids is 1. The molecule has 1 fully saturated rings. The number of thioether (sulfide) groups is 1. The van der Waals surface area contributed by atoms with E-state index in [1.165, 1.54) is 64.2 Å². The van der Waals surface area contributed by atoms with Gasteiger partial charge in [0.1, 0.15) is 6.04 Å². The highest BCUT2D eigenvalue weighted by atomic mass is 32.2. The van der Waals surface area contributed by atoms with Crippen molar-refractivity contribution in [2.45, 2.75) is 133 Å². The molecule has 1 unspecified atom stereocenters. The van der Waals surface area contributed by atoms with E-state index in [4.69, 9.17) is 0 Å². The Bertz CT molecular complexity index is 451. The third-order valence-corrected chi connectivity index (χ3v) is 7.80. The second-order valence-electron chi connectivity index (χ2n) is 8.94. The molecule has 1 saturated heterocycles. The molecule has 164 valence electrons. The Hall–Kier alpha value is -0.710. The summed E-state index contributed by atoms with van der Waals surface area (Å²) in [7, 11) is 0. The van der Waals surface area contributed by atoms with E-state index in [0.717, 1.165) is 32.1 Å². The average molecular weight is 414 g/mol. The van der Waals surface area contributed by atoms with Crippen molar-refractivity contribution in [2.24, 2.45) is 0 Å². The van der Waals surface area contributed by atoms with Crippen LogP contribution in [0.15, 0.2) is 0 Å². The van der Waals surface area contributed by atoms with E-state index >= 15 is 0 Å². The van der Waals surface area contributed by atoms with E-state index < -0.39 is 16.8 Å². The number of rotatable bonds is 16. The molecule has 0 aliphatic carbocycles. The average Bonchev–Trinajstić information content (AvgIpc) is 2.87. The number of nitrogens with zero attached hydrogens (tertiary/aromatic N) is 1. The molecule has 1 aliphatic heterocycles. The second kappa shape index (κ2) is 12.8. The maximum atomic E-state index is 12.0. The van der Waals surface area contributed by atoms with Crippen LogP contribution < -0.4 is 0 Å². The first-order valence-corrected chi connectivity index (χ1v) is 12.3. The summed E-state index contributed by atoms with van der Waals surface area (Å²) in [6, 6.07) is -0.741. The molecule has 0 aromatic carbocycles. The van der Waals surface area contributed by atoms with Crippen LogP contribution in [0.25, 0.3) is 0 Å². The van der Waals surface area contributed by atoms with Gasteiger partial charge in [-0.3, -0.25) is 4.79 Å². The van der Waals surface area contributed by atoms with Crippen LogP contribution in [-0.2, 0) is 9.59 Å². The van der Waals surface area contributed by atoms with E-state index in [-0.39, 0.29) is 4.87 Å². The van der Waals surface area contributed by atoms with Crippen molar-refractivity contribution >= 4 is 24.1 Å². The van der Waals surface area contributed by atoms with E-state index in [2.05, 4.69) is 13.8 Å². The largest absolute Gasteiger partial charge is 0.480 e. The molecule has 0 radical (unpaired) electrons. The van der Waals surface area contributed by atoms with E-state index in [9.17, 15) is 14.7 Å². The summed E-state index contributed by atoms with van der Waals surface area (Å²) in [6.07, 6.45) is 17.2. The predicted molar refractivity (Wildman–Crippen MR) is 120 cm³/mol. The Labute approximate surface area is 177 Å². The Kier molecular flexibility index (Phi) is 11.5. The second-order valence-corrected chi connectivity index (χ2v) is 11.0. The monoisotopic (exact) mass is 413 g/mol. The Balaban J connectivity index is 2.78. The number of hydrogen-bond donors (Lipinski definition) is 1. The number of carboxylic acids is 1. The molecule has 0 spiro atoms. The molecular formula is C23H43NO3S. The maximum Gasteiger partial charge on any atom is 0.327 e. The molecule has 1 atom stereocenters. The van der Waals surface area contributed by atoms with Gasteiger partial charge in [-0.15, -0.1) is 11.8 Å². The number of carbonyl (C=O) groups excluding carboxylic acids is 1. The molecule has 1 N–H and O–H groups in total. The van der Waals surface area contributed by atoms with Gasteiger partial charge >= 0.3 is 5.97 Å². The highest BCUT2D eigenvalue weighted by Crippen LogP contribution is 2.55. The summed E-state index contributed by atoms with van der Waals surface area (Å²) in [5.74, 6) is -0.877. The van der Waals surface area contributed by atoms with E-state index in [0.29, 0.717) is 0 Å². The lowest BCUT2D eigenvalue weighted by molar-refractivity contribution is -0.149. The van der Waals surface area contributed by atoms with Crippen LogP contribution in [0.3, 0.4) is 0 Å². The molecule has 0 aromatic rings. The van der Waals surface area contributed by atoms with Crippen molar-refractivity contribution in [1.29, 1.82) is 0 Å². The number of unbranched alkanes of at least 4 members (excludes halogenated alkanes) is 10. The summed E-state index contributed by atoms with van der Waals surface area (Å²) < 4.78 is -0.461. The highest BCUT2D eigenvalue weighted by molar-refractivity contribution is 8.02. The molecule has 28 heavy (non-hydrogen) atoms. The SMILES string of the molecule is CCCCCCCCC1(CCCCCCCC)SC(C)(C)C(C(=O)O)N1C=O. The smallest absolute Gasteiger partial charge is 0.327 e. The van der Waals surface area contributed by atoms with Crippen LogP contribution in [0.4, 0.5) is 0 Å². The zero-order valence-electron chi connectivity index (χ0n) is 18.7.